The number of esters is 1. The SMILES string of the molecule is Cc1ccc(C(=O)CCC(=O)OCC(=O)N(C)Cc2ccc(F)cc2)s1. The van der Waals surface area contributed by atoms with Gasteiger partial charge in [0, 0.05) is 24.9 Å². The first kappa shape index (κ1) is 19.8. The Morgan fingerprint density at radius 2 is 1.77 bits per heavy atom. The molecule has 2 aromatic rings. The number of likely N-dealkylation sites (N-methyl/N-ethyl adjacent to an activating group) is 1. The number of nitrogens with zero attached hydrogens (tertiary/aromatic N) is 1. The first-order valence-corrected chi connectivity index (χ1v) is 8.90. The molecular formula is C19H20FNO4S. The predicted octanol–water partition coefficient (Wildman–Crippen LogP) is 3.36. The van der Waals surface area contributed by atoms with E-state index in [1.165, 1.54) is 28.4 Å². The van der Waals surface area contributed by atoms with Gasteiger partial charge >= 0.3 is 5.97 Å². The molecule has 0 saturated heterocycles. The summed E-state index contributed by atoms with van der Waals surface area (Å²) < 4.78 is 17.8. The molecule has 1 aromatic carbocycles. The van der Waals surface area contributed by atoms with E-state index in [1.54, 1.807) is 25.2 Å². The molecular weight excluding hydrogens is 357 g/mol. The van der Waals surface area contributed by atoms with Gasteiger partial charge in [0.25, 0.3) is 5.91 Å². The Morgan fingerprint density at radius 1 is 1.08 bits per heavy atom. The van der Waals surface area contributed by atoms with Crippen molar-refractivity contribution in [3.63, 3.8) is 0 Å². The number of thiophene rings is 1. The molecule has 0 spiro atoms. The van der Waals surface area contributed by atoms with Crippen LogP contribution in [0.4, 0.5) is 4.39 Å². The Balaban J connectivity index is 1.71. The second-order valence-corrected chi connectivity index (χ2v) is 7.16. The molecule has 7 heteroatoms. The fraction of sp³-hybridized carbons (Fsp3) is 0.316. The van der Waals surface area contributed by atoms with Crippen LogP contribution >= 0.6 is 11.3 Å². The van der Waals surface area contributed by atoms with Crippen LogP contribution in [0, 0.1) is 12.7 Å². The summed E-state index contributed by atoms with van der Waals surface area (Å²) in [6.45, 7) is 1.81. The fourth-order valence-electron chi connectivity index (χ4n) is 2.20. The van der Waals surface area contributed by atoms with Crippen molar-refractivity contribution in [1.82, 2.24) is 4.90 Å². The topological polar surface area (TPSA) is 63.7 Å². The summed E-state index contributed by atoms with van der Waals surface area (Å²) in [5.41, 5.74) is 0.769. The van der Waals surface area contributed by atoms with Crippen LogP contribution in [0.25, 0.3) is 0 Å². The average molecular weight is 377 g/mol. The molecule has 0 aliphatic carbocycles. The van der Waals surface area contributed by atoms with Gasteiger partial charge in [-0.2, -0.15) is 0 Å². The maximum absolute atomic E-state index is 12.9. The monoisotopic (exact) mass is 377 g/mol. The van der Waals surface area contributed by atoms with Crippen molar-refractivity contribution in [2.24, 2.45) is 0 Å². The molecule has 0 atom stereocenters. The summed E-state index contributed by atoms with van der Waals surface area (Å²) in [6.07, 6.45) is -0.0108. The quantitative estimate of drug-likeness (QED) is 0.523. The van der Waals surface area contributed by atoms with E-state index in [4.69, 9.17) is 4.74 Å². The van der Waals surface area contributed by atoms with E-state index in [1.807, 2.05) is 13.0 Å². The summed E-state index contributed by atoms with van der Waals surface area (Å²) in [7, 11) is 1.57. The van der Waals surface area contributed by atoms with Crippen LogP contribution in [0.1, 0.15) is 33.0 Å². The summed E-state index contributed by atoms with van der Waals surface area (Å²) in [6, 6.07) is 9.40. The number of carbonyl (C=O) groups excluding carboxylic acids is 3. The summed E-state index contributed by atoms with van der Waals surface area (Å²) >= 11 is 1.39. The summed E-state index contributed by atoms with van der Waals surface area (Å²) in [5, 5.41) is 0. The van der Waals surface area contributed by atoms with Gasteiger partial charge in [-0.25, -0.2) is 4.39 Å². The Morgan fingerprint density at radius 3 is 2.38 bits per heavy atom. The van der Waals surface area contributed by atoms with Gasteiger partial charge < -0.3 is 9.64 Å². The molecule has 0 radical (unpaired) electrons. The number of benzene rings is 1. The Hall–Kier alpha value is -2.54. The standard InChI is InChI=1S/C19H20FNO4S/c1-13-3-9-17(26-13)16(22)8-10-19(24)25-12-18(23)21(2)11-14-4-6-15(20)7-5-14/h3-7,9H,8,10-12H2,1-2H3. The molecule has 2 rings (SSSR count). The van der Waals surface area contributed by atoms with E-state index >= 15 is 0 Å². The van der Waals surface area contributed by atoms with Crippen LogP contribution in [0.5, 0.6) is 0 Å². The zero-order chi connectivity index (χ0) is 19.1. The number of rotatable bonds is 8. The molecule has 0 bridgehead atoms. The van der Waals surface area contributed by atoms with Crippen LogP contribution in [0.2, 0.25) is 0 Å². The first-order chi connectivity index (χ1) is 12.3. The zero-order valence-electron chi connectivity index (χ0n) is 14.7. The number of hydrogen-bond acceptors (Lipinski definition) is 5. The Kier molecular flexibility index (Phi) is 7.03. The molecule has 1 heterocycles. The minimum Gasteiger partial charge on any atom is -0.456 e. The number of amides is 1. The minimum atomic E-state index is -0.588. The van der Waals surface area contributed by atoms with Gasteiger partial charge in [0.2, 0.25) is 0 Å². The van der Waals surface area contributed by atoms with Crippen molar-refractivity contribution >= 4 is 29.0 Å². The zero-order valence-corrected chi connectivity index (χ0v) is 15.5. The number of ketones is 1. The molecule has 0 unspecified atom stereocenters. The van der Waals surface area contributed by atoms with E-state index in [9.17, 15) is 18.8 Å². The lowest BCUT2D eigenvalue weighted by Gasteiger charge is -2.17. The maximum atomic E-state index is 12.9. The van der Waals surface area contributed by atoms with Crippen molar-refractivity contribution < 1.29 is 23.5 Å². The van der Waals surface area contributed by atoms with Gasteiger partial charge in [0.15, 0.2) is 12.4 Å². The molecule has 0 N–H and O–H groups in total. The van der Waals surface area contributed by atoms with Gasteiger partial charge in [0.1, 0.15) is 5.82 Å². The number of carbonyl (C=O) groups is 3. The van der Waals surface area contributed by atoms with Crippen molar-refractivity contribution in [2.75, 3.05) is 13.7 Å². The van der Waals surface area contributed by atoms with Crippen LogP contribution in [-0.2, 0) is 20.9 Å². The molecule has 138 valence electrons. The third kappa shape index (κ3) is 6.07. The first-order valence-electron chi connectivity index (χ1n) is 8.09. The lowest BCUT2D eigenvalue weighted by Crippen LogP contribution is -2.30. The van der Waals surface area contributed by atoms with Crippen molar-refractivity contribution in [1.29, 1.82) is 0 Å². The number of hydrogen-bond donors (Lipinski definition) is 0. The van der Waals surface area contributed by atoms with E-state index in [2.05, 4.69) is 0 Å². The number of ether oxygens (including phenoxy) is 1. The molecule has 0 aliphatic rings. The van der Waals surface area contributed by atoms with Gasteiger partial charge in [0.05, 0.1) is 11.3 Å². The highest BCUT2D eigenvalue weighted by Crippen LogP contribution is 2.17. The lowest BCUT2D eigenvalue weighted by atomic mass is 10.2. The molecule has 0 aliphatic heterocycles. The smallest absolute Gasteiger partial charge is 0.306 e. The molecule has 26 heavy (non-hydrogen) atoms. The minimum absolute atomic E-state index is 0.0540. The lowest BCUT2D eigenvalue weighted by molar-refractivity contribution is -0.151. The second-order valence-electron chi connectivity index (χ2n) is 5.87. The van der Waals surface area contributed by atoms with E-state index < -0.39 is 5.97 Å². The fourth-order valence-corrected chi connectivity index (χ4v) is 3.03. The summed E-state index contributed by atoms with van der Waals surface area (Å²) in [5.74, 6) is -1.42. The molecule has 1 aromatic heterocycles. The van der Waals surface area contributed by atoms with E-state index in [0.29, 0.717) is 4.88 Å². The third-order valence-corrected chi connectivity index (χ3v) is 4.73. The van der Waals surface area contributed by atoms with E-state index in [0.717, 1.165) is 10.4 Å². The van der Waals surface area contributed by atoms with Crippen LogP contribution in [0.3, 0.4) is 0 Å². The second kappa shape index (κ2) is 9.24. The third-order valence-electron chi connectivity index (χ3n) is 3.69. The van der Waals surface area contributed by atoms with Crippen LogP contribution < -0.4 is 0 Å². The van der Waals surface area contributed by atoms with Gasteiger partial charge in [-0.3, -0.25) is 14.4 Å². The highest BCUT2D eigenvalue weighted by atomic mass is 32.1. The van der Waals surface area contributed by atoms with Crippen LogP contribution in [-0.4, -0.2) is 36.2 Å². The van der Waals surface area contributed by atoms with Crippen LogP contribution in [0.15, 0.2) is 36.4 Å². The van der Waals surface area contributed by atoms with Crippen molar-refractivity contribution in [3.05, 3.63) is 57.5 Å². The van der Waals surface area contributed by atoms with E-state index in [-0.39, 0.29) is 43.5 Å². The molecule has 5 nitrogen and oxygen atoms in total. The largest absolute Gasteiger partial charge is 0.456 e. The summed E-state index contributed by atoms with van der Waals surface area (Å²) in [4.78, 5) is 38.7. The van der Waals surface area contributed by atoms with Crippen molar-refractivity contribution in [3.8, 4) is 0 Å². The van der Waals surface area contributed by atoms with Crippen molar-refractivity contribution in [2.45, 2.75) is 26.3 Å². The van der Waals surface area contributed by atoms with Gasteiger partial charge in [-0.15, -0.1) is 11.3 Å². The molecule has 1 amide bonds. The Labute approximate surface area is 155 Å². The number of Topliss-reactive ketones (excluding diaryl/α,β-unsaturated/α-hetero) is 1. The maximum Gasteiger partial charge on any atom is 0.306 e. The highest BCUT2D eigenvalue weighted by Gasteiger charge is 2.15. The number of aryl methyl sites for hydroxylation is 1. The predicted molar refractivity (Wildman–Crippen MR) is 96.5 cm³/mol. The normalized spacial score (nSPS) is 10.4. The van der Waals surface area contributed by atoms with Gasteiger partial charge in [-0.1, -0.05) is 12.1 Å². The number of halogens is 1. The average Bonchev–Trinajstić information content (AvgIpc) is 3.06. The molecule has 0 fully saturated rings. The van der Waals surface area contributed by atoms with Gasteiger partial charge in [-0.05, 0) is 36.8 Å². The molecule has 0 saturated carbocycles. The Bertz CT molecular complexity index is 785. The highest BCUT2D eigenvalue weighted by molar-refractivity contribution is 7.14.